The second kappa shape index (κ2) is 6.95. The molecule has 0 saturated carbocycles. The predicted octanol–water partition coefficient (Wildman–Crippen LogP) is 4.25. The van der Waals surface area contributed by atoms with E-state index in [4.69, 9.17) is 9.15 Å². The molecule has 1 heterocycles. The Bertz CT molecular complexity index is 565. The molecule has 4 heteroatoms. The van der Waals surface area contributed by atoms with Crippen molar-refractivity contribution in [3.63, 3.8) is 0 Å². The molecule has 1 unspecified atom stereocenters. The van der Waals surface area contributed by atoms with Gasteiger partial charge in [-0.15, -0.1) is 0 Å². The smallest absolute Gasteiger partial charge is 0.133 e. The Labute approximate surface area is 128 Å². The van der Waals surface area contributed by atoms with Crippen LogP contribution in [0.15, 0.2) is 39.4 Å². The summed E-state index contributed by atoms with van der Waals surface area (Å²) in [4.78, 5) is 0. The Morgan fingerprint density at radius 3 is 2.70 bits per heavy atom. The third kappa shape index (κ3) is 3.64. The molecular weight excluding hydrogens is 318 g/mol. The van der Waals surface area contributed by atoms with Gasteiger partial charge in [0, 0.05) is 11.6 Å². The van der Waals surface area contributed by atoms with E-state index in [-0.39, 0.29) is 6.04 Å². The average Bonchev–Trinajstić information content (AvgIpc) is 2.85. The molecule has 0 amide bonds. The van der Waals surface area contributed by atoms with Gasteiger partial charge < -0.3 is 14.5 Å². The minimum atomic E-state index is 0.262. The summed E-state index contributed by atoms with van der Waals surface area (Å²) in [5.74, 6) is 1.80. The number of hydrogen-bond acceptors (Lipinski definition) is 3. The predicted molar refractivity (Wildman–Crippen MR) is 84.3 cm³/mol. The van der Waals surface area contributed by atoms with Gasteiger partial charge in [-0.25, -0.2) is 0 Å². The van der Waals surface area contributed by atoms with Crippen molar-refractivity contribution in [1.82, 2.24) is 5.32 Å². The number of aryl methyl sites for hydroxylation is 1. The second-order valence-electron chi connectivity index (χ2n) is 4.77. The van der Waals surface area contributed by atoms with E-state index >= 15 is 0 Å². The minimum Gasteiger partial charge on any atom is -0.496 e. The molecule has 20 heavy (non-hydrogen) atoms. The van der Waals surface area contributed by atoms with Crippen molar-refractivity contribution in [2.75, 3.05) is 13.7 Å². The van der Waals surface area contributed by atoms with E-state index < -0.39 is 0 Å². The number of rotatable bonds is 6. The molecule has 0 fully saturated rings. The monoisotopic (exact) mass is 337 g/mol. The molecule has 0 aliphatic rings. The summed E-state index contributed by atoms with van der Waals surface area (Å²) in [6, 6.07) is 8.55. The van der Waals surface area contributed by atoms with Gasteiger partial charge in [-0.3, -0.25) is 0 Å². The SMILES string of the molecule is CCNC(Cc1ccc(OC)c(Br)c1)c1coc(C)c1. The van der Waals surface area contributed by atoms with Crippen LogP contribution in [0.25, 0.3) is 0 Å². The first-order valence-corrected chi connectivity index (χ1v) is 7.54. The third-order valence-electron chi connectivity index (χ3n) is 3.26. The van der Waals surface area contributed by atoms with Gasteiger partial charge in [0.25, 0.3) is 0 Å². The lowest BCUT2D eigenvalue weighted by atomic mass is 10.0. The molecule has 0 spiro atoms. The number of methoxy groups -OCH3 is 1. The maximum atomic E-state index is 5.42. The molecule has 0 radical (unpaired) electrons. The maximum absolute atomic E-state index is 5.42. The van der Waals surface area contributed by atoms with Gasteiger partial charge in [0.05, 0.1) is 17.8 Å². The van der Waals surface area contributed by atoms with Crippen LogP contribution in [0.3, 0.4) is 0 Å². The van der Waals surface area contributed by atoms with Crippen molar-refractivity contribution in [3.8, 4) is 5.75 Å². The van der Waals surface area contributed by atoms with E-state index in [1.165, 1.54) is 11.1 Å². The number of furan rings is 1. The molecule has 2 rings (SSSR count). The molecule has 0 saturated heterocycles. The summed E-state index contributed by atoms with van der Waals surface area (Å²) in [6.45, 7) is 5.01. The van der Waals surface area contributed by atoms with Gasteiger partial charge >= 0.3 is 0 Å². The van der Waals surface area contributed by atoms with E-state index in [9.17, 15) is 0 Å². The molecule has 0 aliphatic heterocycles. The first kappa shape index (κ1) is 15.1. The molecule has 108 valence electrons. The summed E-state index contributed by atoms with van der Waals surface area (Å²) < 4.78 is 11.7. The highest BCUT2D eigenvalue weighted by atomic mass is 79.9. The summed E-state index contributed by atoms with van der Waals surface area (Å²) in [5.41, 5.74) is 2.44. The third-order valence-corrected chi connectivity index (χ3v) is 3.88. The number of benzene rings is 1. The highest BCUT2D eigenvalue weighted by molar-refractivity contribution is 9.10. The zero-order chi connectivity index (χ0) is 14.5. The summed E-state index contributed by atoms with van der Waals surface area (Å²) >= 11 is 3.53. The lowest BCUT2D eigenvalue weighted by Crippen LogP contribution is -2.22. The van der Waals surface area contributed by atoms with Crippen LogP contribution in [-0.4, -0.2) is 13.7 Å². The number of likely N-dealkylation sites (N-methyl/N-ethyl adjacent to an activating group) is 1. The second-order valence-corrected chi connectivity index (χ2v) is 5.63. The van der Waals surface area contributed by atoms with Crippen LogP contribution in [-0.2, 0) is 6.42 Å². The van der Waals surface area contributed by atoms with Crippen molar-refractivity contribution < 1.29 is 9.15 Å². The van der Waals surface area contributed by atoms with Crippen LogP contribution >= 0.6 is 15.9 Å². The normalized spacial score (nSPS) is 12.4. The van der Waals surface area contributed by atoms with Crippen LogP contribution < -0.4 is 10.1 Å². The summed E-state index contributed by atoms with van der Waals surface area (Å²) in [7, 11) is 1.68. The first-order valence-electron chi connectivity index (χ1n) is 6.75. The Kier molecular flexibility index (Phi) is 5.26. The van der Waals surface area contributed by atoms with Gasteiger partial charge in [-0.05, 0) is 59.6 Å². The molecule has 1 aromatic carbocycles. The van der Waals surface area contributed by atoms with Crippen molar-refractivity contribution in [3.05, 3.63) is 51.9 Å². The molecule has 1 aromatic heterocycles. The van der Waals surface area contributed by atoms with Gasteiger partial charge in [-0.2, -0.15) is 0 Å². The van der Waals surface area contributed by atoms with Crippen molar-refractivity contribution in [2.45, 2.75) is 26.3 Å². The van der Waals surface area contributed by atoms with Gasteiger partial charge in [0.1, 0.15) is 11.5 Å². The zero-order valence-electron chi connectivity index (χ0n) is 12.1. The number of ether oxygens (including phenoxy) is 1. The van der Waals surface area contributed by atoms with Gasteiger partial charge in [0.15, 0.2) is 0 Å². The topological polar surface area (TPSA) is 34.4 Å². The van der Waals surface area contributed by atoms with Crippen LogP contribution in [0.1, 0.15) is 29.9 Å². The Balaban J connectivity index is 2.17. The quantitative estimate of drug-likeness (QED) is 0.855. The van der Waals surface area contributed by atoms with Crippen molar-refractivity contribution in [2.24, 2.45) is 0 Å². The largest absolute Gasteiger partial charge is 0.496 e. The Morgan fingerprint density at radius 2 is 2.15 bits per heavy atom. The zero-order valence-corrected chi connectivity index (χ0v) is 13.7. The highest BCUT2D eigenvalue weighted by Crippen LogP contribution is 2.28. The van der Waals surface area contributed by atoms with Crippen LogP contribution in [0.4, 0.5) is 0 Å². The van der Waals surface area contributed by atoms with Crippen molar-refractivity contribution >= 4 is 15.9 Å². The molecule has 2 aromatic rings. The first-order chi connectivity index (χ1) is 9.63. The average molecular weight is 338 g/mol. The van der Waals surface area contributed by atoms with E-state index in [1.807, 2.05) is 19.3 Å². The Hall–Kier alpha value is -1.26. The summed E-state index contributed by atoms with van der Waals surface area (Å²) in [6.07, 6.45) is 2.75. The van der Waals surface area contributed by atoms with Crippen LogP contribution in [0, 0.1) is 6.92 Å². The minimum absolute atomic E-state index is 0.262. The van der Waals surface area contributed by atoms with Crippen molar-refractivity contribution in [1.29, 1.82) is 0 Å². The highest BCUT2D eigenvalue weighted by Gasteiger charge is 2.14. The van der Waals surface area contributed by atoms with E-state index in [1.54, 1.807) is 7.11 Å². The van der Waals surface area contributed by atoms with E-state index in [2.05, 4.69) is 46.4 Å². The summed E-state index contributed by atoms with van der Waals surface area (Å²) in [5, 5.41) is 3.50. The van der Waals surface area contributed by atoms with E-state index in [0.717, 1.165) is 28.9 Å². The molecule has 0 bridgehead atoms. The van der Waals surface area contributed by atoms with Crippen LogP contribution in [0.2, 0.25) is 0 Å². The van der Waals surface area contributed by atoms with E-state index in [0.29, 0.717) is 0 Å². The van der Waals surface area contributed by atoms with Gasteiger partial charge in [0.2, 0.25) is 0 Å². The number of nitrogens with one attached hydrogen (secondary N) is 1. The molecular formula is C16H20BrNO2. The number of halogens is 1. The lowest BCUT2D eigenvalue weighted by molar-refractivity contribution is 0.412. The number of hydrogen-bond donors (Lipinski definition) is 1. The maximum Gasteiger partial charge on any atom is 0.133 e. The Morgan fingerprint density at radius 1 is 1.35 bits per heavy atom. The molecule has 1 atom stereocenters. The fourth-order valence-corrected chi connectivity index (χ4v) is 2.86. The molecule has 0 aliphatic carbocycles. The fourth-order valence-electron chi connectivity index (χ4n) is 2.27. The lowest BCUT2D eigenvalue weighted by Gasteiger charge is -2.17. The standard InChI is InChI=1S/C16H20BrNO2/c1-4-18-15(13-7-11(2)20-10-13)9-12-5-6-16(19-3)14(17)8-12/h5-8,10,15,18H,4,9H2,1-3H3. The van der Waals surface area contributed by atoms with Gasteiger partial charge in [-0.1, -0.05) is 13.0 Å². The fraction of sp³-hybridized carbons (Fsp3) is 0.375. The molecule has 1 N–H and O–H groups in total. The van der Waals surface area contributed by atoms with Crippen LogP contribution in [0.5, 0.6) is 5.75 Å². The molecule has 3 nitrogen and oxygen atoms in total.